The molecule has 0 unspecified atom stereocenters. The van der Waals surface area contributed by atoms with Gasteiger partial charge in [-0.15, -0.1) is 0 Å². The molecule has 23 heavy (non-hydrogen) atoms. The van der Waals surface area contributed by atoms with E-state index < -0.39 is 5.97 Å². The quantitative estimate of drug-likeness (QED) is 0.562. The van der Waals surface area contributed by atoms with E-state index in [0.29, 0.717) is 0 Å². The van der Waals surface area contributed by atoms with E-state index in [1.807, 2.05) is 42.5 Å². The molecule has 3 N–H and O–H groups in total. The smallest absolute Gasteiger partial charge is 0.337 e. The fourth-order valence-electron chi connectivity index (χ4n) is 2.81. The van der Waals surface area contributed by atoms with Crippen molar-refractivity contribution in [3.05, 3.63) is 101 Å². The Morgan fingerprint density at radius 2 is 1.30 bits per heavy atom. The maximum absolute atomic E-state index is 11.4. The topological polar surface area (TPSA) is 63.3 Å². The Bertz CT molecular complexity index is 774. The third kappa shape index (κ3) is 3.09. The van der Waals surface area contributed by atoms with Crippen molar-refractivity contribution in [1.82, 2.24) is 0 Å². The van der Waals surface area contributed by atoms with Crippen molar-refractivity contribution in [3.8, 4) is 0 Å². The summed E-state index contributed by atoms with van der Waals surface area (Å²) in [6.45, 7) is 0. The van der Waals surface area contributed by atoms with Crippen LogP contribution in [0.5, 0.6) is 0 Å². The number of carboxylic acids is 1. The molecule has 0 saturated carbocycles. The molecule has 0 heterocycles. The Kier molecular flexibility index (Phi) is 4.11. The molecule has 0 saturated heterocycles. The zero-order valence-corrected chi connectivity index (χ0v) is 12.5. The van der Waals surface area contributed by atoms with Crippen LogP contribution in [-0.4, -0.2) is 11.1 Å². The van der Waals surface area contributed by atoms with Gasteiger partial charge in [-0.05, 0) is 28.8 Å². The van der Waals surface area contributed by atoms with Crippen LogP contribution in [0.4, 0.5) is 5.69 Å². The maximum Gasteiger partial charge on any atom is 0.337 e. The Balaban J connectivity index is 2.17. The van der Waals surface area contributed by atoms with Crippen molar-refractivity contribution in [3.63, 3.8) is 0 Å². The number of carbonyl (C=O) groups is 1. The second-order valence-corrected chi connectivity index (χ2v) is 5.41. The van der Waals surface area contributed by atoms with Crippen molar-refractivity contribution in [1.29, 1.82) is 0 Å². The van der Waals surface area contributed by atoms with E-state index in [1.54, 1.807) is 12.1 Å². The Labute approximate surface area is 135 Å². The number of hydrogen-bond acceptors (Lipinski definition) is 2. The lowest BCUT2D eigenvalue weighted by Crippen LogP contribution is -2.07. The van der Waals surface area contributed by atoms with Crippen molar-refractivity contribution in [2.24, 2.45) is 0 Å². The summed E-state index contributed by atoms with van der Waals surface area (Å²) in [5.41, 5.74) is 9.34. The van der Waals surface area contributed by atoms with Gasteiger partial charge in [0.2, 0.25) is 0 Å². The number of hydrogen-bond donors (Lipinski definition) is 2. The first-order chi connectivity index (χ1) is 11.2. The molecule has 3 heteroatoms. The number of nitrogen functional groups attached to an aromatic ring is 1. The van der Waals surface area contributed by atoms with Crippen LogP contribution < -0.4 is 5.73 Å². The summed E-state index contributed by atoms with van der Waals surface area (Å²) in [4.78, 5) is 11.4. The van der Waals surface area contributed by atoms with Crippen molar-refractivity contribution in [2.45, 2.75) is 5.92 Å². The average molecular weight is 303 g/mol. The van der Waals surface area contributed by atoms with Gasteiger partial charge in [-0.3, -0.25) is 0 Å². The molecule has 0 bridgehead atoms. The Hall–Kier alpha value is -3.07. The van der Waals surface area contributed by atoms with Crippen molar-refractivity contribution >= 4 is 11.7 Å². The molecule has 3 aromatic carbocycles. The monoisotopic (exact) mass is 303 g/mol. The standard InChI is InChI=1S/C20H17NO2/c21-18-12-11-16(13-17(18)20(22)23)19(14-7-3-1-4-8-14)15-9-5-2-6-10-15/h1-13,19H,21H2,(H,22,23). The second kappa shape index (κ2) is 6.36. The molecule has 114 valence electrons. The predicted molar refractivity (Wildman–Crippen MR) is 91.6 cm³/mol. The highest BCUT2D eigenvalue weighted by Gasteiger charge is 2.19. The molecule has 0 fully saturated rings. The molecule has 0 aromatic heterocycles. The predicted octanol–water partition coefficient (Wildman–Crippen LogP) is 4.15. The Morgan fingerprint density at radius 3 is 1.78 bits per heavy atom. The maximum atomic E-state index is 11.4. The normalized spacial score (nSPS) is 10.7. The number of aromatic carboxylic acids is 1. The van der Waals surface area contributed by atoms with E-state index in [2.05, 4.69) is 24.3 Å². The number of benzene rings is 3. The molecule has 0 amide bonds. The first kappa shape index (κ1) is 14.9. The molecule has 3 rings (SSSR count). The van der Waals surface area contributed by atoms with E-state index in [0.717, 1.165) is 16.7 Å². The highest BCUT2D eigenvalue weighted by atomic mass is 16.4. The number of rotatable bonds is 4. The summed E-state index contributed by atoms with van der Waals surface area (Å²) in [6.07, 6.45) is 0. The zero-order chi connectivity index (χ0) is 16.2. The summed E-state index contributed by atoms with van der Waals surface area (Å²) in [5, 5.41) is 9.33. The third-order valence-corrected chi connectivity index (χ3v) is 3.91. The summed E-state index contributed by atoms with van der Waals surface area (Å²) >= 11 is 0. The molecule has 0 aliphatic rings. The van der Waals surface area contributed by atoms with Gasteiger partial charge in [0.05, 0.1) is 5.56 Å². The van der Waals surface area contributed by atoms with Crippen LogP contribution in [0.2, 0.25) is 0 Å². The average Bonchev–Trinajstić information content (AvgIpc) is 2.58. The van der Waals surface area contributed by atoms with Crippen LogP contribution in [0.3, 0.4) is 0 Å². The highest BCUT2D eigenvalue weighted by molar-refractivity contribution is 5.93. The van der Waals surface area contributed by atoms with E-state index in [9.17, 15) is 9.90 Å². The van der Waals surface area contributed by atoms with Crippen molar-refractivity contribution in [2.75, 3.05) is 5.73 Å². The lowest BCUT2D eigenvalue weighted by molar-refractivity contribution is 0.0698. The van der Waals surface area contributed by atoms with Crippen LogP contribution >= 0.6 is 0 Å². The summed E-state index contributed by atoms with van der Waals surface area (Å²) in [5.74, 6) is -1.04. The van der Waals surface area contributed by atoms with Crippen LogP contribution in [0.15, 0.2) is 78.9 Å². The minimum absolute atomic E-state index is 0.0314. The van der Waals surface area contributed by atoms with Crippen LogP contribution in [0.25, 0.3) is 0 Å². The van der Waals surface area contributed by atoms with Gasteiger partial charge in [-0.25, -0.2) is 4.79 Å². The Morgan fingerprint density at radius 1 is 0.783 bits per heavy atom. The molecule has 0 aliphatic carbocycles. The van der Waals surface area contributed by atoms with Crippen LogP contribution in [0.1, 0.15) is 33.0 Å². The molecule has 0 radical (unpaired) electrons. The van der Waals surface area contributed by atoms with Gasteiger partial charge in [-0.2, -0.15) is 0 Å². The summed E-state index contributed by atoms with van der Waals surface area (Å²) in [6, 6.07) is 25.3. The van der Waals surface area contributed by atoms with E-state index >= 15 is 0 Å². The van der Waals surface area contributed by atoms with Gasteiger partial charge in [0, 0.05) is 11.6 Å². The van der Waals surface area contributed by atoms with Gasteiger partial charge >= 0.3 is 5.97 Å². The molecule has 0 spiro atoms. The number of carboxylic acid groups (broad SMARTS) is 1. The van der Waals surface area contributed by atoms with Gasteiger partial charge in [-0.1, -0.05) is 66.7 Å². The minimum Gasteiger partial charge on any atom is -0.478 e. The molecular weight excluding hydrogens is 286 g/mol. The molecule has 3 aromatic rings. The molecule has 0 aliphatic heterocycles. The van der Waals surface area contributed by atoms with Gasteiger partial charge < -0.3 is 10.8 Å². The van der Waals surface area contributed by atoms with E-state index in [4.69, 9.17) is 5.73 Å². The lowest BCUT2D eigenvalue weighted by atomic mass is 9.84. The number of anilines is 1. The summed E-state index contributed by atoms with van der Waals surface area (Å²) in [7, 11) is 0. The van der Waals surface area contributed by atoms with Crippen LogP contribution in [0, 0.1) is 0 Å². The minimum atomic E-state index is -1.01. The van der Waals surface area contributed by atoms with E-state index in [1.165, 1.54) is 0 Å². The zero-order valence-electron chi connectivity index (χ0n) is 12.5. The second-order valence-electron chi connectivity index (χ2n) is 5.41. The third-order valence-electron chi connectivity index (χ3n) is 3.91. The number of nitrogens with two attached hydrogens (primary N) is 1. The van der Waals surface area contributed by atoms with Crippen LogP contribution in [-0.2, 0) is 0 Å². The first-order valence-electron chi connectivity index (χ1n) is 7.39. The lowest BCUT2D eigenvalue weighted by Gasteiger charge is -2.19. The largest absolute Gasteiger partial charge is 0.478 e. The van der Waals surface area contributed by atoms with Crippen molar-refractivity contribution < 1.29 is 9.90 Å². The molecule has 3 nitrogen and oxygen atoms in total. The molecular formula is C20H17NO2. The van der Waals surface area contributed by atoms with Gasteiger partial charge in [0.25, 0.3) is 0 Å². The summed E-state index contributed by atoms with van der Waals surface area (Å²) < 4.78 is 0. The molecule has 0 atom stereocenters. The highest BCUT2D eigenvalue weighted by Crippen LogP contribution is 2.33. The fourth-order valence-corrected chi connectivity index (χ4v) is 2.81. The SMILES string of the molecule is Nc1ccc(C(c2ccccc2)c2ccccc2)cc1C(=O)O. The van der Waals surface area contributed by atoms with Gasteiger partial charge in [0.1, 0.15) is 0 Å². The van der Waals surface area contributed by atoms with E-state index in [-0.39, 0.29) is 17.2 Å². The first-order valence-corrected chi connectivity index (χ1v) is 7.39. The van der Waals surface area contributed by atoms with Gasteiger partial charge in [0.15, 0.2) is 0 Å². The fraction of sp³-hybridized carbons (Fsp3) is 0.0500.